The summed E-state index contributed by atoms with van der Waals surface area (Å²) in [7, 11) is 1.56. The summed E-state index contributed by atoms with van der Waals surface area (Å²) in [6, 6.07) is 3.76. The van der Waals surface area contributed by atoms with Crippen LogP contribution in [0.15, 0.2) is 36.2 Å². The van der Waals surface area contributed by atoms with Gasteiger partial charge in [-0.15, -0.1) is 0 Å². The van der Waals surface area contributed by atoms with Crippen molar-refractivity contribution >= 4 is 17.8 Å². The molecule has 4 rings (SSSR count). The molecule has 1 amide bonds. The number of nitrogens with zero attached hydrogens (tertiary/aromatic N) is 5. The molecule has 1 aliphatic rings. The van der Waals surface area contributed by atoms with Gasteiger partial charge in [0, 0.05) is 24.7 Å². The molecule has 0 radical (unpaired) electrons. The third-order valence-electron chi connectivity index (χ3n) is 4.85. The van der Waals surface area contributed by atoms with E-state index in [-0.39, 0.29) is 17.4 Å². The lowest BCUT2D eigenvalue weighted by Gasteiger charge is -2.37. The van der Waals surface area contributed by atoms with Gasteiger partial charge in [0.15, 0.2) is 0 Å². The van der Waals surface area contributed by atoms with Gasteiger partial charge in [-0.2, -0.15) is 14.6 Å². The van der Waals surface area contributed by atoms with E-state index < -0.39 is 29.7 Å². The summed E-state index contributed by atoms with van der Waals surface area (Å²) < 4.78 is 54.2. The van der Waals surface area contributed by atoms with E-state index in [1.807, 2.05) is 0 Å². The molecule has 0 bridgehead atoms. The third kappa shape index (κ3) is 3.69. The largest absolute Gasteiger partial charge is 0.338 e. The number of rotatable bonds is 4. The Hall–Kier alpha value is -3.30. The Bertz CT molecular complexity index is 1100. The SMILES string of the molecule is CN(C(=O)c1cc(F)cc(F)c1)C1CC(=Cc2cc(C(F)F)nc3ncnn23)C1. The number of halogens is 4. The first kappa shape index (κ1) is 19.0. The fourth-order valence-electron chi connectivity index (χ4n) is 3.26. The first-order chi connectivity index (χ1) is 13.8. The van der Waals surface area contributed by atoms with E-state index in [9.17, 15) is 22.4 Å². The Labute approximate surface area is 162 Å². The average molecular weight is 405 g/mol. The van der Waals surface area contributed by atoms with Crippen molar-refractivity contribution in [2.75, 3.05) is 7.05 Å². The molecule has 0 atom stereocenters. The van der Waals surface area contributed by atoms with E-state index in [2.05, 4.69) is 15.1 Å². The van der Waals surface area contributed by atoms with E-state index in [1.165, 1.54) is 21.8 Å². The Kier molecular flexibility index (Phi) is 4.77. The van der Waals surface area contributed by atoms with Gasteiger partial charge >= 0.3 is 0 Å². The van der Waals surface area contributed by atoms with Gasteiger partial charge in [-0.3, -0.25) is 4.79 Å². The smallest absolute Gasteiger partial charge is 0.280 e. The minimum absolute atomic E-state index is 0.0672. The average Bonchev–Trinajstić information content (AvgIpc) is 3.11. The van der Waals surface area contributed by atoms with Gasteiger partial charge in [-0.1, -0.05) is 5.57 Å². The van der Waals surface area contributed by atoms with E-state index in [0.29, 0.717) is 24.6 Å². The summed E-state index contributed by atoms with van der Waals surface area (Å²) in [5.74, 6) is -2.05. The zero-order chi connectivity index (χ0) is 20.7. The van der Waals surface area contributed by atoms with Crippen molar-refractivity contribution in [3.63, 3.8) is 0 Å². The van der Waals surface area contributed by atoms with Crippen LogP contribution in [0.2, 0.25) is 0 Å². The molecule has 0 unspecified atom stereocenters. The van der Waals surface area contributed by atoms with Gasteiger partial charge in [0.05, 0.1) is 5.69 Å². The van der Waals surface area contributed by atoms with Crippen LogP contribution in [0.3, 0.4) is 0 Å². The van der Waals surface area contributed by atoms with Gasteiger partial charge in [0.25, 0.3) is 18.1 Å². The molecule has 10 heteroatoms. The number of hydrogen-bond donors (Lipinski definition) is 0. The Balaban J connectivity index is 1.51. The Morgan fingerprint density at radius 3 is 2.55 bits per heavy atom. The molecular formula is C19H15F4N5O. The van der Waals surface area contributed by atoms with Gasteiger partial charge < -0.3 is 4.90 Å². The maximum absolute atomic E-state index is 13.4. The maximum Gasteiger partial charge on any atom is 0.280 e. The van der Waals surface area contributed by atoms with Crippen LogP contribution < -0.4 is 0 Å². The number of hydrogen-bond acceptors (Lipinski definition) is 4. The van der Waals surface area contributed by atoms with Crippen molar-refractivity contribution in [2.24, 2.45) is 0 Å². The number of aromatic nitrogens is 4. The van der Waals surface area contributed by atoms with Crippen molar-refractivity contribution in [2.45, 2.75) is 25.3 Å². The molecule has 0 N–H and O–H groups in total. The van der Waals surface area contributed by atoms with E-state index in [1.54, 1.807) is 13.1 Å². The molecular weight excluding hydrogens is 390 g/mol. The molecule has 29 heavy (non-hydrogen) atoms. The van der Waals surface area contributed by atoms with Gasteiger partial charge in [-0.25, -0.2) is 22.5 Å². The first-order valence-corrected chi connectivity index (χ1v) is 8.73. The highest BCUT2D eigenvalue weighted by atomic mass is 19.3. The predicted octanol–water partition coefficient (Wildman–Crippen LogP) is 3.66. The lowest BCUT2D eigenvalue weighted by atomic mass is 9.84. The number of carbonyl (C=O) groups excluding carboxylic acids is 1. The highest BCUT2D eigenvalue weighted by Gasteiger charge is 2.31. The molecule has 1 fully saturated rings. The summed E-state index contributed by atoms with van der Waals surface area (Å²) in [6.07, 6.45) is 1.21. The normalized spacial score (nSPS) is 16.2. The lowest BCUT2D eigenvalue weighted by molar-refractivity contribution is 0.0698. The second-order valence-electron chi connectivity index (χ2n) is 6.82. The summed E-state index contributed by atoms with van der Waals surface area (Å²) >= 11 is 0. The minimum Gasteiger partial charge on any atom is -0.338 e. The van der Waals surface area contributed by atoms with Crippen LogP contribution in [-0.2, 0) is 0 Å². The van der Waals surface area contributed by atoms with Gasteiger partial charge in [0.2, 0.25) is 0 Å². The van der Waals surface area contributed by atoms with Crippen LogP contribution in [0.5, 0.6) is 0 Å². The molecule has 2 heterocycles. The summed E-state index contributed by atoms with van der Waals surface area (Å²) in [6.45, 7) is 0. The molecule has 0 aliphatic heterocycles. The molecule has 2 aromatic heterocycles. The molecule has 1 aliphatic carbocycles. The standard InChI is InChI=1S/C19H15F4N5O/c1-27(18(29)11-5-12(20)7-13(21)6-11)14-2-10(3-14)4-15-8-16(17(22)23)26-19-24-9-25-28(15)19/h4-9,14,17H,2-3H2,1H3. The van der Waals surface area contributed by atoms with Crippen LogP contribution in [0.1, 0.15) is 41.0 Å². The Morgan fingerprint density at radius 2 is 1.90 bits per heavy atom. The number of alkyl halides is 2. The van der Waals surface area contributed by atoms with Crippen LogP contribution in [0.25, 0.3) is 11.9 Å². The van der Waals surface area contributed by atoms with E-state index in [0.717, 1.165) is 17.7 Å². The Morgan fingerprint density at radius 1 is 1.21 bits per heavy atom. The monoisotopic (exact) mass is 405 g/mol. The van der Waals surface area contributed by atoms with Gasteiger partial charge in [0.1, 0.15) is 23.7 Å². The van der Waals surface area contributed by atoms with E-state index >= 15 is 0 Å². The molecule has 1 saturated carbocycles. The number of benzene rings is 1. The fourth-order valence-corrected chi connectivity index (χ4v) is 3.26. The van der Waals surface area contributed by atoms with E-state index in [4.69, 9.17) is 0 Å². The maximum atomic E-state index is 13.4. The highest BCUT2D eigenvalue weighted by molar-refractivity contribution is 5.94. The van der Waals surface area contributed by atoms with Crippen molar-refractivity contribution < 1.29 is 22.4 Å². The van der Waals surface area contributed by atoms with Crippen LogP contribution in [-0.4, -0.2) is 43.5 Å². The molecule has 1 aromatic carbocycles. The van der Waals surface area contributed by atoms with Crippen molar-refractivity contribution in [1.29, 1.82) is 0 Å². The number of carbonyl (C=O) groups is 1. The topological polar surface area (TPSA) is 63.4 Å². The molecule has 0 saturated heterocycles. The second kappa shape index (κ2) is 7.26. The minimum atomic E-state index is -2.74. The van der Waals surface area contributed by atoms with Crippen molar-refractivity contribution in [1.82, 2.24) is 24.5 Å². The predicted molar refractivity (Wildman–Crippen MR) is 95.2 cm³/mol. The lowest BCUT2D eigenvalue weighted by Crippen LogP contribution is -2.42. The molecule has 0 spiro atoms. The third-order valence-corrected chi connectivity index (χ3v) is 4.85. The number of fused-ring (bicyclic) bond motifs is 1. The van der Waals surface area contributed by atoms with Crippen molar-refractivity contribution in [3.05, 3.63) is 64.8 Å². The second-order valence-corrected chi connectivity index (χ2v) is 6.82. The van der Waals surface area contributed by atoms with Crippen molar-refractivity contribution in [3.8, 4) is 0 Å². The molecule has 6 nitrogen and oxygen atoms in total. The zero-order valence-electron chi connectivity index (χ0n) is 15.2. The summed E-state index contributed by atoms with van der Waals surface area (Å²) in [5.41, 5.74) is 0.872. The molecule has 150 valence electrons. The quantitative estimate of drug-likeness (QED) is 0.622. The first-order valence-electron chi connectivity index (χ1n) is 8.73. The summed E-state index contributed by atoms with van der Waals surface area (Å²) in [4.78, 5) is 21.5. The van der Waals surface area contributed by atoms with Gasteiger partial charge in [-0.05, 0) is 37.1 Å². The highest BCUT2D eigenvalue weighted by Crippen LogP contribution is 2.33. The number of amides is 1. The van der Waals surface area contributed by atoms with Crippen LogP contribution >= 0.6 is 0 Å². The summed E-state index contributed by atoms with van der Waals surface area (Å²) in [5, 5.41) is 3.99. The molecule has 3 aromatic rings. The fraction of sp³-hybridized carbons (Fsp3) is 0.263. The zero-order valence-corrected chi connectivity index (χ0v) is 15.2. The van der Waals surface area contributed by atoms with Crippen LogP contribution in [0.4, 0.5) is 17.6 Å². The van der Waals surface area contributed by atoms with Crippen LogP contribution in [0, 0.1) is 11.6 Å².